The van der Waals surface area contributed by atoms with E-state index in [-0.39, 0.29) is 23.1 Å². The molecule has 2 aromatic carbocycles. The van der Waals surface area contributed by atoms with Crippen LogP contribution in [-0.4, -0.2) is 59.3 Å². The molecule has 0 bridgehead atoms. The van der Waals surface area contributed by atoms with Gasteiger partial charge in [0.15, 0.2) is 11.2 Å². The second-order valence-electron chi connectivity index (χ2n) is 10.2. The van der Waals surface area contributed by atoms with Gasteiger partial charge < -0.3 is 10.2 Å². The zero-order valence-corrected chi connectivity index (χ0v) is 21.1. The second kappa shape index (κ2) is 9.85. The summed E-state index contributed by atoms with van der Waals surface area (Å²) in [5, 5.41) is 25.6. The molecule has 1 fully saturated rings. The highest BCUT2D eigenvalue weighted by molar-refractivity contribution is 5.74. The van der Waals surface area contributed by atoms with E-state index in [0.717, 1.165) is 12.5 Å². The SMILES string of the molecule is C[C@](O)(c1ccc(CN2CCC(O)(Cn3cnc4c(cnn4-c4ccc(F)cc4)c3=O)CC2)cc1)C(F)(F)F. The van der Waals surface area contributed by atoms with Crippen LogP contribution in [0.1, 0.15) is 30.9 Å². The number of aromatic nitrogens is 4. The summed E-state index contributed by atoms with van der Waals surface area (Å²) in [6, 6.07) is 11.3. The van der Waals surface area contributed by atoms with Gasteiger partial charge in [0.2, 0.25) is 0 Å². The number of hydrogen-bond acceptors (Lipinski definition) is 6. The van der Waals surface area contributed by atoms with Gasteiger partial charge in [0, 0.05) is 19.6 Å². The molecule has 12 heteroatoms. The van der Waals surface area contributed by atoms with Gasteiger partial charge in [0.1, 0.15) is 17.5 Å². The largest absolute Gasteiger partial charge is 0.421 e. The molecule has 3 heterocycles. The Labute approximate surface area is 220 Å². The molecule has 0 radical (unpaired) electrons. The van der Waals surface area contributed by atoms with E-state index in [2.05, 4.69) is 15.0 Å². The van der Waals surface area contributed by atoms with Crippen molar-refractivity contribution in [3.8, 4) is 5.69 Å². The van der Waals surface area contributed by atoms with Crippen molar-refractivity contribution < 1.29 is 27.8 Å². The lowest BCUT2D eigenvalue weighted by Crippen LogP contribution is -2.47. The molecule has 2 N–H and O–H groups in total. The van der Waals surface area contributed by atoms with Crippen LogP contribution in [0.4, 0.5) is 17.6 Å². The van der Waals surface area contributed by atoms with Crippen LogP contribution in [0.5, 0.6) is 0 Å². The van der Waals surface area contributed by atoms with Crippen LogP contribution in [0.2, 0.25) is 0 Å². The first-order valence-electron chi connectivity index (χ1n) is 12.4. The van der Waals surface area contributed by atoms with Crippen molar-refractivity contribution in [1.29, 1.82) is 0 Å². The number of rotatable bonds is 6. The molecule has 2 aromatic heterocycles. The van der Waals surface area contributed by atoms with Crippen LogP contribution in [0, 0.1) is 5.82 Å². The molecule has 0 aliphatic carbocycles. The van der Waals surface area contributed by atoms with Gasteiger partial charge in [-0.2, -0.15) is 18.3 Å². The fourth-order valence-electron chi connectivity index (χ4n) is 4.79. The molecule has 4 aromatic rings. The van der Waals surface area contributed by atoms with Gasteiger partial charge in [-0.1, -0.05) is 24.3 Å². The van der Waals surface area contributed by atoms with Crippen molar-refractivity contribution in [1.82, 2.24) is 24.2 Å². The molecule has 0 unspecified atom stereocenters. The minimum Gasteiger partial charge on any atom is -0.388 e. The smallest absolute Gasteiger partial charge is 0.388 e. The van der Waals surface area contributed by atoms with Crippen molar-refractivity contribution in [2.75, 3.05) is 13.1 Å². The van der Waals surface area contributed by atoms with Crippen molar-refractivity contribution in [3.63, 3.8) is 0 Å². The lowest BCUT2D eigenvalue weighted by Gasteiger charge is -2.38. The number of hydrogen-bond donors (Lipinski definition) is 2. The van der Waals surface area contributed by atoms with Gasteiger partial charge in [-0.05, 0) is 55.2 Å². The fraction of sp³-hybridized carbons (Fsp3) is 0.370. The average Bonchev–Trinajstić information content (AvgIpc) is 3.32. The third kappa shape index (κ3) is 5.32. The monoisotopic (exact) mass is 545 g/mol. The molecule has 0 amide bonds. The van der Waals surface area contributed by atoms with E-state index in [4.69, 9.17) is 0 Å². The quantitative estimate of drug-likeness (QED) is 0.360. The standard InChI is InChI=1S/C27H27F4N5O3/c1-25(38,27(29,30)31)19-4-2-18(3-5-19)15-34-12-10-26(39,11-13-34)16-35-17-32-23-22(24(35)37)14-33-36(23)21-8-6-20(28)7-9-21/h2-9,14,17,38-39H,10-13,15-16H2,1H3/t25-/m0/s1. The van der Waals surface area contributed by atoms with Crippen LogP contribution < -0.4 is 5.56 Å². The summed E-state index contributed by atoms with van der Waals surface area (Å²) in [4.78, 5) is 19.5. The highest BCUT2D eigenvalue weighted by Crippen LogP contribution is 2.38. The van der Waals surface area contributed by atoms with E-state index in [1.165, 1.54) is 58.2 Å². The fourth-order valence-corrected chi connectivity index (χ4v) is 4.79. The van der Waals surface area contributed by atoms with E-state index in [0.29, 0.717) is 43.8 Å². The Bertz CT molecular complexity index is 1520. The predicted octanol–water partition coefficient (Wildman–Crippen LogP) is 3.52. The lowest BCUT2D eigenvalue weighted by atomic mass is 9.90. The zero-order chi connectivity index (χ0) is 28.0. The summed E-state index contributed by atoms with van der Waals surface area (Å²) in [6.07, 6.45) is -1.25. The molecule has 8 nitrogen and oxygen atoms in total. The van der Waals surface area contributed by atoms with Crippen LogP contribution in [0.15, 0.2) is 65.8 Å². The highest BCUT2D eigenvalue weighted by atomic mass is 19.4. The number of alkyl halides is 3. The minimum absolute atomic E-state index is 0.0472. The Hall–Kier alpha value is -3.61. The molecular weight excluding hydrogens is 518 g/mol. The van der Waals surface area contributed by atoms with Gasteiger partial charge in [0.25, 0.3) is 5.56 Å². The molecule has 5 rings (SSSR count). The number of fused-ring (bicyclic) bond motifs is 1. The first kappa shape index (κ1) is 27.0. The van der Waals surface area contributed by atoms with Crippen molar-refractivity contribution in [2.45, 2.75) is 50.2 Å². The Morgan fingerprint density at radius 1 is 1.03 bits per heavy atom. The Morgan fingerprint density at radius 3 is 2.28 bits per heavy atom. The van der Waals surface area contributed by atoms with Crippen molar-refractivity contribution in [2.24, 2.45) is 0 Å². The zero-order valence-electron chi connectivity index (χ0n) is 21.1. The molecule has 1 atom stereocenters. The third-order valence-electron chi connectivity index (χ3n) is 7.35. The number of halogens is 4. The first-order valence-corrected chi connectivity index (χ1v) is 12.4. The number of piperidine rings is 1. The van der Waals surface area contributed by atoms with Gasteiger partial charge in [-0.15, -0.1) is 0 Å². The third-order valence-corrected chi connectivity index (χ3v) is 7.35. The molecule has 0 spiro atoms. The Morgan fingerprint density at radius 2 is 1.67 bits per heavy atom. The minimum atomic E-state index is -4.78. The molecule has 1 aliphatic rings. The molecular formula is C27H27F4N5O3. The van der Waals surface area contributed by atoms with E-state index >= 15 is 0 Å². The summed E-state index contributed by atoms with van der Waals surface area (Å²) >= 11 is 0. The summed E-state index contributed by atoms with van der Waals surface area (Å²) in [6.45, 7) is 2.28. The Kier molecular flexibility index (Phi) is 6.81. The topological polar surface area (TPSA) is 96.4 Å². The van der Waals surface area contributed by atoms with E-state index in [1.54, 1.807) is 12.1 Å². The van der Waals surface area contributed by atoms with E-state index in [9.17, 15) is 32.6 Å². The summed E-state index contributed by atoms with van der Waals surface area (Å²) in [5.74, 6) is -0.391. The molecule has 0 saturated carbocycles. The van der Waals surface area contributed by atoms with Crippen LogP contribution in [0.25, 0.3) is 16.7 Å². The number of benzene rings is 2. The lowest BCUT2D eigenvalue weighted by molar-refractivity contribution is -0.258. The predicted molar refractivity (Wildman–Crippen MR) is 135 cm³/mol. The Balaban J connectivity index is 1.23. The number of nitrogens with zero attached hydrogens (tertiary/aromatic N) is 5. The molecule has 39 heavy (non-hydrogen) atoms. The van der Waals surface area contributed by atoms with Crippen LogP contribution >= 0.6 is 0 Å². The maximum absolute atomic E-state index is 13.3. The maximum atomic E-state index is 13.3. The molecule has 1 saturated heterocycles. The molecule has 206 valence electrons. The highest BCUT2D eigenvalue weighted by Gasteiger charge is 2.51. The summed E-state index contributed by atoms with van der Waals surface area (Å²) in [5.41, 5.74) is -2.98. The molecule has 1 aliphatic heterocycles. The van der Waals surface area contributed by atoms with Crippen molar-refractivity contribution >= 4 is 11.0 Å². The first-order chi connectivity index (χ1) is 18.4. The average molecular weight is 546 g/mol. The van der Waals surface area contributed by atoms with E-state index in [1.807, 2.05) is 0 Å². The maximum Gasteiger partial charge on any atom is 0.421 e. The van der Waals surface area contributed by atoms with Gasteiger partial charge in [-0.25, -0.2) is 14.1 Å². The van der Waals surface area contributed by atoms with Crippen molar-refractivity contribution in [3.05, 3.63) is 88.4 Å². The number of likely N-dealkylation sites (tertiary alicyclic amines) is 1. The normalized spacial score (nSPS) is 17.8. The summed E-state index contributed by atoms with van der Waals surface area (Å²) in [7, 11) is 0. The van der Waals surface area contributed by atoms with Crippen LogP contribution in [-0.2, 0) is 18.7 Å². The van der Waals surface area contributed by atoms with Gasteiger partial charge in [-0.3, -0.25) is 14.3 Å². The van der Waals surface area contributed by atoms with E-state index < -0.39 is 23.2 Å². The van der Waals surface area contributed by atoms with Crippen LogP contribution in [0.3, 0.4) is 0 Å². The van der Waals surface area contributed by atoms with Gasteiger partial charge in [0.05, 0.1) is 24.0 Å². The number of aliphatic hydroxyl groups is 2. The van der Waals surface area contributed by atoms with Gasteiger partial charge >= 0.3 is 6.18 Å². The summed E-state index contributed by atoms with van der Waals surface area (Å²) < 4.78 is 55.3. The second-order valence-corrected chi connectivity index (χ2v) is 10.2.